The van der Waals surface area contributed by atoms with E-state index in [1.54, 1.807) is 6.92 Å². The van der Waals surface area contributed by atoms with Gasteiger partial charge in [0.1, 0.15) is 11.8 Å². The average Bonchev–Trinajstić information content (AvgIpc) is 0.863. The van der Waals surface area contributed by atoms with Crippen molar-refractivity contribution in [2.45, 2.75) is 285 Å². The molecule has 0 unspecified atom stereocenters. The van der Waals surface area contributed by atoms with Crippen molar-refractivity contribution >= 4 is 94.0 Å². The van der Waals surface area contributed by atoms with Crippen molar-refractivity contribution < 1.29 is 67.7 Å². The number of aliphatic imine (C=N–C) groups is 2. The van der Waals surface area contributed by atoms with Crippen LogP contribution in [0, 0.1) is 47.3 Å². The number of aliphatic hydroxyl groups excluding tert-OH is 1. The Labute approximate surface area is 636 Å². The first-order chi connectivity index (χ1) is 50.3. The molecule has 0 aliphatic heterocycles. The highest BCUT2D eigenvalue weighted by atomic mass is 32.2. The number of carboxylic acids is 1. The second kappa shape index (κ2) is 58.7. The third-order valence-electron chi connectivity index (χ3n) is 19.3. The number of aliphatic hydroxyl groups is 1. The Morgan fingerprint density at radius 2 is 1.01 bits per heavy atom. The maximum atomic E-state index is 13.8. The number of primary amides is 1. The number of ketones is 5. The maximum absolute atomic E-state index is 13.8. The summed E-state index contributed by atoms with van der Waals surface area (Å²) in [4.78, 5) is 165. The van der Waals surface area contributed by atoms with E-state index in [0.29, 0.717) is 83.1 Å². The summed E-state index contributed by atoms with van der Waals surface area (Å²) in [5.41, 5.74) is 33.7. The summed E-state index contributed by atoms with van der Waals surface area (Å²) < 4.78 is 0. The van der Waals surface area contributed by atoms with Crippen LogP contribution < -0.4 is 61.0 Å². The van der Waals surface area contributed by atoms with Crippen LogP contribution in [-0.2, 0) is 64.0 Å². The van der Waals surface area contributed by atoms with Gasteiger partial charge in [0.25, 0.3) is 0 Å². The van der Waals surface area contributed by atoms with Crippen molar-refractivity contribution in [3.05, 3.63) is 35.9 Å². The van der Waals surface area contributed by atoms with E-state index in [9.17, 15) is 67.7 Å². The van der Waals surface area contributed by atoms with E-state index >= 15 is 0 Å². The molecule has 0 aromatic heterocycles. The summed E-state index contributed by atoms with van der Waals surface area (Å²) >= 11 is 1.53. The number of thioether (sulfide) groups is 1. The number of benzene rings is 1. The summed E-state index contributed by atoms with van der Waals surface area (Å²) in [5, 5.41) is 33.4. The smallest absolute Gasteiger partial charge is 0.304 e. The van der Waals surface area contributed by atoms with Crippen LogP contribution in [0.2, 0.25) is 0 Å². The van der Waals surface area contributed by atoms with Gasteiger partial charge < -0.3 is 71.2 Å². The molecule has 27 nitrogen and oxygen atoms in total. The van der Waals surface area contributed by atoms with E-state index in [2.05, 4.69) is 43.5 Å². The summed E-state index contributed by atoms with van der Waals surface area (Å²) in [5.74, 6) is -10.1. The molecule has 0 heterocycles. The summed E-state index contributed by atoms with van der Waals surface area (Å²) in [7, 11) is 1.48. The van der Waals surface area contributed by atoms with E-state index < -0.39 is 120 Å². The van der Waals surface area contributed by atoms with Gasteiger partial charge in [-0.25, -0.2) is 0 Å². The van der Waals surface area contributed by atoms with Gasteiger partial charge in [-0.2, -0.15) is 11.8 Å². The molecular formula is C78H137N13O14S. The second-order valence-corrected chi connectivity index (χ2v) is 30.0. The van der Waals surface area contributed by atoms with Crippen molar-refractivity contribution in [3.63, 3.8) is 0 Å². The molecule has 0 fully saturated rings. The van der Waals surface area contributed by atoms with Crippen LogP contribution in [0.15, 0.2) is 40.3 Å². The molecule has 0 aliphatic carbocycles. The number of Topliss-reactive ketones (excluding diaryl/α,β-unsaturated/α-hetero) is 5. The Bertz CT molecular complexity index is 2840. The van der Waals surface area contributed by atoms with Crippen LogP contribution in [0.5, 0.6) is 0 Å². The molecule has 1 aromatic rings. The maximum Gasteiger partial charge on any atom is 0.304 e. The molecule has 0 bridgehead atoms. The molecule has 12 atom stereocenters. The fourth-order valence-electron chi connectivity index (χ4n) is 12.5. The number of nitrogens with two attached hydrogens (primary N) is 6. The molecule has 6 amide bonds. The number of aliphatic carboxylic acids is 1. The predicted octanol–water partition coefficient (Wildman–Crippen LogP) is 7.34. The fraction of sp³-hybridized carbons (Fsp3) is 0.744. The van der Waals surface area contributed by atoms with Crippen molar-refractivity contribution in [2.75, 3.05) is 38.7 Å². The summed E-state index contributed by atoms with van der Waals surface area (Å²) in [6.45, 7) is 15.6. The zero-order chi connectivity index (χ0) is 80.1. The van der Waals surface area contributed by atoms with Crippen LogP contribution in [0.4, 0.5) is 0 Å². The minimum atomic E-state index is -1.39. The molecule has 19 N–H and O–H groups in total. The third-order valence-corrected chi connectivity index (χ3v) is 19.9. The van der Waals surface area contributed by atoms with Crippen molar-refractivity contribution in [3.8, 4) is 0 Å². The number of nitrogens with zero attached hydrogens (tertiary/aromatic N) is 2. The fourth-order valence-corrected chi connectivity index (χ4v) is 13.0. The number of hydrogen-bond donors (Lipinski definition) is 13. The van der Waals surface area contributed by atoms with E-state index in [1.807, 2.05) is 71.2 Å². The zero-order valence-electron chi connectivity index (χ0n) is 65.7. The SMILES string of the molecule is CCCCCCCCCCCCCCCC(=O)N[C@H](C(=O)C[C@@H](CC(=O)O)C(=O)N[C@@H](CCCN=C(N)N)C(=O)C[C@@H](CC(C)C)C(=O)NC)[C@@H](C)O.CC[C@H](C)[C@H](CC(=O)[C@H](Cc1ccccc1)NC(=O)[C@H](CCSC)CC(=O)[C@H](C)NC(=O)[C@H](CCCCN)CC(=O)[C@@H](C)CCCN=C(N)N)C(N)=O. The largest absolute Gasteiger partial charge is 0.481 e. The van der Waals surface area contributed by atoms with Gasteiger partial charge >= 0.3 is 5.97 Å². The number of nitrogens with one attached hydrogen (secondary N) is 5. The zero-order valence-corrected chi connectivity index (χ0v) is 66.5. The van der Waals surface area contributed by atoms with Gasteiger partial charge in [0, 0.05) is 88.3 Å². The van der Waals surface area contributed by atoms with Gasteiger partial charge in [0.05, 0.1) is 36.6 Å². The average molecular weight is 1510 g/mol. The number of carbonyl (C=O) groups is 12. The molecule has 28 heteroatoms. The van der Waals surface area contributed by atoms with E-state index in [1.165, 1.54) is 83.5 Å². The molecule has 0 radical (unpaired) electrons. The lowest BCUT2D eigenvalue weighted by Crippen LogP contribution is -2.50. The molecule has 0 saturated carbocycles. The van der Waals surface area contributed by atoms with E-state index in [4.69, 9.17) is 34.4 Å². The normalized spacial score (nSPS) is 14.6. The van der Waals surface area contributed by atoms with E-state index in [0.717, 1.165) is 24.8 Å². The topological polar surface area (TPSA) is 486 Å². The van der Waals surface area contributed by atoms with Gasteiger partial charge in [-0.15, -0.1) is 0 Å². The van der Waals surface area contributed by atoms with Gasteiger partial charge in [-0.3, -0.25) is 67.5 Å². The van der Waals surface area contributed by atoms with Crippen molar-refractivity contribution in [1.82, 2.24) is 26.6 Å². The molecule has 0 spiro atoms. The molecular weight excluding hydrogens is 1380 g/mol. The summed E-state index contributed by atoms with van der Waals surface area (Å²) in [6.07, 6.45) is 19.2. The molecule has 0 aliphatic rings. The van der Waals surface area contributed by atoms with Crippen molar-refractivity contribution in [1.29, 1.82) is 0 Å². The van der Waals surface area contributed by atoms with Crippen LogP contribution in [-0.4, -0.2) is 161 Å². The quantitative estimate of drug-likeness (QED) is 0.0172. The van der Waals surface area contributed by atoms with Gasteiger partial charge in [-0.05, 0) is 114 Å². The Kier molecular flexibility index (Phi) is 54.7. The molecule has 106 heavy (non-hydrogen) atoms. The lowest BCUT2D eigenvalue weighted by molar-refractivity contribution is -0.143. The minimum Gasteiger partial charge on any atom is -0.481 e. The highest BCUT2D eigenvalue weighted by Gasteiger charge is 2.37. The van der Waals surface area contributed by atoms with E-state index in [-0.39, 0.29) is 104 Å². The van der Waals surface area contributed by atoms with Crippen LogP contribution in [0.3, 0.4) is 0 Å². The highest BCUT2D eigenvalue weighted by molar-refractivity contribution is 7.98. The number of carbonyl (C=O) groups excluding carboxylic acids is 11. The Morgan fingerprint density at radius 3 is 1.52 bits per heavy atom. The van der Waals surface area contributed by atoms with Crippen LogP contribution >= 0.6 is 11.8 Å². The Balaban J connectivity index is 0.00000208. The number of guanidine groups is 2. The van der Waals surface area contributed by atoms with Crippen LogP contribution in [0.25, 0.3) is 0 Å². The number of unbranched alkanes of at least 4 members (excludes halogenated alkanes) is 13. The number of amides is 6. The minimum absolute atomic E-state index is 0.00454. The van der Waals surface area contributed by atoms with Gasteiger partial charge in [0.2, 0.25) is 35.4 Å². The molecule has 0 saturated heterocycles. The van der Waals surface area contributed by atoms with Crippen LogP contribution in [0.1, 0.15) is 254 Å². The van der Waals surface area contributed by atoms with Gasteiger partial charge in [0.15, 0.2) is 35.1 Å². The van der Waals surface area contributed by atoms with Crippen molar-refractivity contribution in [2.24, 2.45) is 91.7 Å². The lowest BCUT2D eigenvalue weighted by Gasteiger charge is -2.26. The van der Waals surface area contributed by atoms with Gasteiger partial charge in [-0.1, -0.05) is 162 Å². The molecule has 604 valence electrons. The Morgan fingerprint density at radius 1 is 0.509 bits per heavy atom. The standard InChI is InChI=1S/C39H65N7O6S.C39H72N6O8/c1-6-25(2)31(36(41)50)24-35(49)32(21-28-14-8-7-9-15-28)46-38(52)30(17-20-53-5)23-34(48)27(4)45-37(51)29(16-10-11-18-40)22-33(47)26(3)13-12-19-44-39(42)43;1-6-7-8-9-10-11-12-13-14-15-16-17-18-21-34(49)45-36(28(4)46)33(48)25-30(26-35(50)51)38(53)44-31(20-19-22-43-39(40)41)32(47)24-29(23-27(2)3)37(52)42-5/h7-9,14-15,25-27,29-32H,6,10-13,16-24,40H2,1-5H3,(H2,41,50)(H,45,51)(H,46,52)(H4,42,43,44);27-31,36,46H,6-26H2,1-5H3,(H,42,52)(H,44,53)(H,45,49)(H,50,51)(H4,40,41,43)/t25-,26-,27-,29+,30+,31-,32-;28-,29-,30+,31+,36+/m01/s1. The second-order valence-electron chi connectivity index (χ2n) is 29.1. The number of hydrogen-bond acceptors (Lipinski definition) is 17. The highest BCUT2D eigenvalue weighted by Crippen LogP contribution is 2.25. The Hall–Kier alpha value is -7.33. The monoisotopic (exact) mass is 1510 g/mol. The first-order valence-corrected chi connectivity index (χ1v) is 40.2. The first-order valence-electron chi connectivity index (χ1n) is 38.9. The summed E-state index contributed by atoms with van der Waals surface area (Å²) in [6, 6.07) is 4.98. The predicted molar refractivity (Wildman–Crippen MR) is 420 cm³/mol. The molecule has 1 rings (SSSR count). The third kappa shape index (κ3) is 46.0. The number of carboxylic acid groups (broad SMARTS) is 1. The lowest BCUT2D eigenvalue weighted by atomic mass is 9.84. The first kappa shape index (κ1) is 98.7. The number of rotatable bonds is 62. The molecule has 1 aromatic carbocycles.